The zero-order valence-corrected chi connectivity index (χ0v) is 17.0. The quantitative estimate of drug-likeness (QED) is 0.312. The highest BCUT2D eigenvalue weighted by atomic mass is 127. The van der Waals surface area contributed by atoms with Crippen LogP contribution in [0.25, 0.3) is 6.08 Å². The molecule has 1 aliphatic heterocycles. The van der Waals surface area contributed by atoms with Gasteiger partial charge in [0.1, 0.15) is 17.9 Å². The van der Waals surface area contributed by atoms with E-state index in [4.69, 9.17) is 11.2 Å². The van der Waals surface area contributed by atoms with Crippen LogP contribution < -0.4 is 15.0 Å². The maximum atomic E-state index is 12.9. The van der Waals surface area contributed by atoms with Gasteiger partial charge < -0.3 is 4.74 Å². The van der Waals surface area contributed by atoms with E-state index in [2.05, 4.69) is 33.8 Å². The molecule has 0 atom stereocenters. The highest BCUT2D eigenvalue weighted by Gasteiger charge is 2.36. The predicted molar refractivity (Wildman–Crippen MR) is 114 cm³/mol. The Labute approximate surface area is 175 Å². The van der Waals surface area contributed by atoms with Crippen molar-refractivity contribution in [3.8, 4) is 18.1 Å². The molecule has 1 N–H and O–H groups in total. The lowest BCUT2D eigenvalue weighted by Gasteiger charge is -2.26. The number of hydrogen-bond acceptors (Lipinski definition) is 4. The predicted octanol–water partition coefficient (Wildman–Crippen LogP) is 3.28. The molecule has 1 heterocycles. The number of ether oxygens (including phenoxy) is 1. The van der Waals surface area contributed by atoms with E-state index in [1.165, 1.54) is 6.08 Å². The molecule has 0 radical (unpaired) electrons. The lowest BCUT2D eigenvalue weighted by atomic mass is 10.1. The molecule has 0 aromatic heterocycles. The van der Waals surface area contributed by atoms with Gasteiger partial charge in [0.05, 0.1) is 9.26 Å². The Morgan fingerprint density at radius 2 is 1.89 bits per heavy atom. The summed E-state index contributed by atoms with van der Waals surface area (Å²) in [6.07, 6.45) is 6.63. The molecule has 0 unspecified atom stereocenters. The SMILES string of the molecule is C#CCOc1ccc(/C=C2\C(=O)NC(=O)N(c3ccc(C)cc3)C2=O)cc1I. The Balaban J connectivity index is 1.94. The molecule has 1 saturated heterocycles. The standard InChI is InChI=1S/C21H15IN2O4/c1-3-10-28-18-9-6-14(12-17(18)22)11-16-19(25)23-21(27)24(20(16)26)15-7-4-13(2)5-8-15/h1,4-9,11-12H,10H2,2H3,(H,23,25,27)/b16-11+. The Bertz CT molecular complexity index is 1040. The fourth-order valence-electron chi connectivity index (χ4n) is 2.60. The minimum Gasteiger partial charge on any atom is -0.480 e. The summed E-state index contributed by atoms with van der Waals surface area (Å²) in [7, 11) is 0. The van der Waals surface area contributed by atoms with Gasteiger partial charge in [0.25, 0.3) is 11.8 Å². The van der Waals surface area contributed by atoms with Crippen LogP contribution in [0.15, 0.2) is 48.0 Å². The largest absolute Gasteiger partial charge is 0.480 e. The molecule has 6 nitrogen and oxygen atoms in total. The number of benzene rings is 2. The molecule has 28 heavy (non-hydrogen) atoms. The number of anilines is 1. The van der Waals surface area contributed by atoms with E-state index >= 15 is 0 Å². The lowest BCUT2D eigenvalue weighted by Crippen LogP contribution is -2.54. The number of barbiturate groups is 1. The van der Waals surface area contributed by atoms with Gasteiger partial charge in [-0.25, -0.2) is 9.69 Å². The van der Waals surface area contributed by atoms with E-state index in [9.17, 15) is 14.4 Å². The molecule has 140 valence electrons. The number of halogens is 1. The van der Waals surface area contributed by atoms with Crippen molar-refractivity contribution in [2.24, 2.45) is 0 Å². The van der Waals surface area contributed by atoms with Crippen LogP contribution in [0.5, 0.6) is 5.75 Å². The Morgan fingerprint density at radius 1 is 1.18 bits per heavy atom. The molecule has 2 aromatic carbocycles. The third-order valence-corrected chi connectivity index (χ3v) is 4.81. The van der Waals surface area contributed by atoms with Crippen LogP contribution >= 0.6 is 22.6 Å². The van der Waals surface area contributed by atoms with Gasteiger partial charge in [-0.3, -0.25) is 14.9 Å². The van der Waals surface area contributed by atoms with Crippen molar-refractivity contribution >= 4 is 52.2 Å². The normalized spacial score (nSPS) is 15.4. The Kier molecular flexibility index (Phi) is 5.80. The Hall–Kier alpha value is -3.12. The van der Waals surface area contributed by atoms with Crippen molar-refractivity contribution in [2.75, 3.05) is 11.5 Å². The first-order valence-electron chi connectivity index (χ1n) is 8.24. The van der Waals surface area contributed by atoms with Crippen LogP contribution in [-0.4, -0.2) is 24.5 Å². The van der Waals surface area contributed by atoms with Crippen molar-refractivity contribution in [2.45, 2.75) is 6.92 Å². The zero-order valence-electron chi connectivity index (χ0n) is 14.9. The summed E-state index contributed by atoms with van der Waals surface area (Å²) in [4.78, 5) is 38.3. The first-order chi connectivity index (χ1) is 13.4. The number of nitrogens with zero attached hydrogens (tertiary/aromatic N) is 1. The molecule has 0 bridgehead atoms. The fourth-order valence-corrected chi connectivity index (χ4v) is 3.29. The van der Waals surface area contributed by atoms with E-state index in [0.717, 1.165) is 14.0 Å². The summed E-state index contributed by atoms with van der Waals surface area (Å²) in [5.41, 5.74) is 1.86. The van der Waals surface area contributed by atoms with Crippen LogP contribution in [0, 0.1) is 22.8 Å². The van der Waals surface area contributed by atoms with Crippen molar-refractivity contribution < 1.29 is 19.1 Å². The minimum atomic E-state index is -0.774. The van der Waals surface area contributed by atoms with Gasteiger partial charge >= 0.3 is 6.03 Å². The summed E-state index contributed by atoms with van der Waals surface area (Å²) < 4.78 is 6.18. The van der Waals surface area contributed by atoms with Gasteiger partial charge in [0.2, 0.25) is 0 Å². The van der Waals surface area contributed by atoms with E-state index in [1.54, 1.807) is 42.5 Å². The molecule has 4 amide bonds. The van der Waals surface area contributed by atoms with E-state index < -0.39 is 17.8 Å². The summed E-state index contributed by atoms with van der Waals surface area (Å²) in [6.45, 7) is 2.04. The smallest absolute Gasteiger partial charge is 0.335 e. The maximum Gasteiger partial charge on any atom is 0.335 e. The zero-order chi connectivity index (χ0) is 20.3. The van der Waals surface area contributed by atoms with Crippen LogP contribution in [-0.2, 0) is 9.59 Å². The number of urea groups is 1. The van der Waals surface area contributed by atoms with Crippen molar-refractivity contribution in [1.29, 1.82) is 0 Å². The summed E-state index contributed by atoms with van der Waals surface area (Å²) >= 11 is 2.08. The van der Waals surface area contributed by atoms with Crippen LogP contribution in [0.1, 0.15) is 11.1 Å². The molecule has 0 saturated carbocycles. The van der Waals surface area contributed by atoms with Gasteiger partial charge in [-0.2, -0.15) is 0 Å². The second kappa shape index (κ2) is 8.27. The van der Waals surface area contributed by atoms with E-state index in [1.807, 2.05) is 6.92 Å². The number of aryl methyl sites for hydroxylation is 1. The molecule has 0 spiro atoms. The Morgan fingerprint density at radius 3 is 2.54 bits per heavy atom. The summed E-state index contributed by atoms with van der Waals surface area (Å²) in [6, 6.07) is 11.3. The van der Waals surface area contributed by atoms with E-state index in [-0.39, 0.29) is 12.2 Å². The topological polar surface area (TPSA) is 75.7 Å². The van der Waals surface area contributed by atoms with Crippen LogP contribution in [0.3, 0.4) is 0 Å². The minimum absolute atomic E-state index is 0.131. The molecule has 1 fully saturated rings. The monoisotopic (exact) mass is 486 g/mol. The molecule has 3 rings (SSSR count). The average Bonchev–Trinajstić information content (AvgIpc) is 2.66. The summed E-state index contributed by atoms with van der Waals surface area (Å²) in [5, 5.41) is 2.21. The first kappa shape index (κ1) is 19.6. The van der Waals surface area contributed by atoms with Crippen LogP contribution in [0.2, 0.25) is 0 Å². The first-order valence-corrected chi connectivity index (χ1v) is 9.32. The number of imide groups is 2. The molecule has 2 aromatic rings. The molecule has 1 aliphatic rings. The number of amides is 4. The van der Waals surface area contributed by atoms with Gasteiger partial charge in [0, 0.05) is 0 Å². The molecule has 7 heteroatoms. The second-order valence-electron chi connectivity index (χ2n) is 5.98. The number of carbonyl (C=O) groups is 3. The average molecular weight is 486 g/mol. The van der Waals surface area contributed by atoms with Crippen molar-refractivity contribution in [3.05, 3.63) is 62.7 Å². The number of carbonyl (C=O) groups excluding carboxylic acids is 3. The lowest BCUT2D eigenvalue weighted by molar-refractivity contribution is -0.122. The number of terminal acetylenes is 1. The van der Waals surface area contributed by atoms with Gasteiger partial charge in [-0.05, 0) is 65.4 Å². The number of nitrogens with one attached hydrogen (secondary N) is 1. The molecular weight excluding hydrogens is 471 g/mol. The number of rotatable bonds is 4. The van der Waals surface area contributed by atoms with Crippen LogP contribution in [0.4, 0.5) is 10.5 Å². The third-order valence-electron chi connectivity index (χ3n) is 3.97. The maximum absolute atomic E-state index is 12.9. The van der Waals surface area contributed by atoms with Gasteiger partial charge in [0.15, 0.2) is 0 Å². The van der Waals surface area contributed by atoms with Gasteiger partial charge in [-0.15, -0.1) is 6.42 Å². The molecular formula is C21H15IN2O4. The second-order valence-corrected chi connectivity index (χ2v) is 7.14. The van der Waals surface area contributed by atoms with E-state index in [0.29, 0.717) is 17.0 Å². The highest BCUT2D eigenvalue weighted by molar-refractivity contribution is 14.1. The highest BCUT2D eigenvalue weighted by Crippen LogP contribution is 2.25. The van der Waals surface area contributed by atoms with Crippen molar-refractivity contribution in [3.63, 3.8) is 0 Å². The van der Waals surface area contributed by atoms with Gasteiger partial charge in [-0.1, -0.05) is 29.7 Å². The summed E-state index contributed by atoms with van der Waals surface area (Å²) in [5.74, 6) is 1.58. The number of hydrogen-bond donors (Lipinski definition) is 1. The third kappa shape index (κ3) is 4.07. The molecule has 0 aliphatic carbocycles. The van der Waals surface area contributed by atoms with Crippen molar-refractivity contribution in [1.82, 2.24) is 5.32 Å². The fraction of sp³-hybridized carbons (Fsp3) is 0.0952.